The van der Waals surface area contributed by atoms with Crippen LogP contribution in [-0.2, 0) is 0 Å². The Kier molecular flexibility index (Phi) is 2.31. The first kappa shape index (κ1) is 9.91. The van der Waals surface area contributed by atoms with Crippen molar-refractivity contribution < 1.29 is 4.74 Å². The Morgan fingerprint density at radius 3 is 3.13 bits per heavy atom. The molecule has 1 aliphatic rings. The summed E-state index contributed by atoms with van der Waals surface area (Å²) >= 11 is 1.58. The van der Waals surface area contributed by atoms with E-state index in [0.29, 0.717) is 6.01 Å². The van der Waals surface area contributed by atoms with Gasteiger partial charge in [0, 0.05) is 6.20 Å². The van der Waals surface area contributed by atoms with Gasteiger partial charge in [-0.15, -0.1) is 16.4 Å². The highest BCUT2D eigenvalue weighted by Gasteiger charge is 2.31. The SMILES string of the molecule is C.COc1nc2n(n1)C(c1cncs1)N2. The van der Waals surface area contributed by atoms with Crippen LogP contribution in [0.3, 0.4) is 0 Å². The third kappa shape index (κ3) is 1.35. The lowest BCUT2D eigenvalue weighted by molar-refractivity contribution is 0.373. The second-order valence-corrected chi connectivity index (χ2v) is 3.74. The molecule has 0 saturated heterocycles. The zero-order valence-electron chi connectivity index (χ0n) is 7.34. The van der Waals surface area contributed by atoms with Gasteiger partial charge < -0.3 is 10.1 Å². The molecule has 0 saturated carbocycles. The number of hydrogen-bond acceptors (Lipinski definition) is 6. The van der Waals surface area contributed by atoms with Crippen LogP contribution in [0, 0.1) is 0 Å². The van der Waals surface area contributed by atoms with E-state index in [2.05, 4.69) is 20.4 Å². The van der Waals surface area contributed by atoms with Crippen LogP contribution >= 0.6 is 11.3 Å². The van der Waals surface area contributed by atoms with E-state index in [0.717, 1.165) is 10.8 Å². The highest BCUT2D eigenvalue weighted by Crippen LogP contribution is 2.33. The van der Waals surface area contributed by atoms with E-state index in [4.69, 9.17) is 4.74 Å². The van der Waals surface area contributed by atoms with Gasteiger partial charge in [-0.05, 0) is 0 Å². The van der Waals surface area contributed by atoms with E-state index in [1.807, 2.05) is 6.20 Å². The number of ether oxygens (including phenoxy) is 1. The minimum Gasteiger partial charge on any atom is -0.466 e. The molecule has 7 heteroatoms. The van der Waals surface area contributed by atoms with Gasteiger partial charge in [-0.2, -0.15) is 9.67 Å². The molecule has 3 rings (SSSR count). The third-order valence-electron chi connectivity index (χ3n) is 2.03. The van der Waals surface area contributed by atoms with Crippen LogP contribution < -0.4 is 10.1 Å². The van der Waals surface area contributed by atoms with E-state index in [1.54, 1.807) is 28.6 Å². The van der Waals surface area contributed by atoms with Crippen molar-refractivity contribution in [3.8, 4) is 6.01 Å². The summed E-state index contributed by atoms with van der Waals surface area (Å²) in [6.45, 7) is 0. The minimum atomic E-state index is 0. The Morgan fingerprint density at radius 1 is 1.60 bits per heavy atom. The summed E-state index contributed by atoms with van der Waals surface area (Å²) in [6, 6.07) is 0.388. The average Bonchev–Trinajstić information content (AvgIpc) is 2.77. The molecule has 6 nitrogen and oxygen atoms in total. The lowest BCUT2D eigenvalue weighted by Crippen LogP contribution is -2.31. The number of thiazole rings is 1. The highest BCUT2D eigenvalue weighted by atomic mass is 32.1. The molecule has 1 aliphatic heterocycles. The van der Waals surface area contributed by atoms with Crippen LogP contribution in [0.25, 0.3) is 0 Å². The molecule has 0 amide bonds. The summed E-state index contributed by atoms with van der Waals surface area (Å²) in [5.74, 6) is 0.736. The summed E-state index contributed by atoms with van der Waals surface area (Å²) in [5, 5.41) is 7.31. The highest BCUT2D eigenvalue weighted by molar-refractivity contribution is 7.09. The van der Waals surface area contributed by atoms with Gasteiger partial charge in [0.25, 0.3) is 0 Å². The fourth-order valence-corrected chi connectivity index (χ4v) is 1.99. The van der Waals surface area contributed by atoms with Gasteiger partial charge in [0.1, 0.15) is 0 Å². The van der Waals surface area contributed by atoms with Crippen LogP contribution in [0.4, 0.5) is 5.95 Å². The van der Waals surface area contributed by atoms with Crippen molar-refractivity contribution in [3.63, 3.8) is 0 Å². The molecule has 2 aromatic rings. The number of methoxy groups -OCH3 is 1. The molecule has 0 aliphatic carbocycles. The molecule has 15 heavy (non-hydrogen) atoms. The lowest BCUT2D eigenvalue weighted by Gasteiger charge is -2.27. The van der Waals surface area contributed by atoms with Crippen molar-refractivity contribution in [2.24, 2.45) is 0 Å². The molecule has 80 valence electrons. The van der Waals surface area contributed by atoms with Gasteiger partial charge in [-0.1, -0.05) is 7.43 Å². The number of fused-ring (bicyclic) bond motifs is 1. The molecule has 1 atom stereocenters. The second kappa shape index (κ2) is 3.50. The van der Waals surface area contributed by atoms with Gasteiger partial charge in [-0.25, -0.2) is 0 Å². The Bertz CT molecular complexity index is 452. The van der Waals surface area contributed by atoms with Crippen molar-refractivity contribution >= 4 is 17.3 Å². The van der Waals surface area contributed by atoms with E-state index >= 15 is 0 Å². The van der Waals surface area contributed by atoms with Crippen LogP contribution in [-0.4, -0.2) is 26.9 Å². The zero-order valence-corrected chi connectivity index (χ0v) is 8.15. The quantitative estimate of drug-likeness (QED) is 0.835. The van der Waals surface area contributed by atoms with Gasteiger partial charge in [0.15, 0.2) is 6.17 Å². The molecule has 2 aromatic heterocycles. The molecular weight excluding hydrogens is 214 g/mol. The summed E-state index contributed by atoms with van der Waals surface area (Å²) in [7, 11) is 1.55. The summed E-state index contributed by atoms with van der Waals surface area (Å²) in [4.78, 5) is 9.20. The van der Waals surface area contributed by atoms with E-state index in [9.17, 15) is 0 Å². The Balaban J connectivity index is 0.000000853. The average molecular weight is 225 g/mol. The maximum Gasteiger partial charge on any atom is 0.337 e. The fraction of sp³-hybridized carbons (Fsp3) is 0.375. The summed E-state index contributed by atoms with van der Waals surface area (Å²) in [6.07, 6.45) is 1.88. The zero-order chi connectivity index (χ0) is 9.54. The van der Waals surface area contributed by atoms with Crippen molar-refractivity contribution in [1.82, 2.24) is 19.7 Å². The van der Waals surface area contributed by atoms with E-state index in [-0.39, 0.29) is 13.6 Å². The van der Waals surface area contributed by atoms with Crippen molar-refractivity contribution in [1.29, 1.82) is 0 Å². The maximum atomic E-state index is 4.93. The predicted octanol–water partition coefficient (Wildman–Crippen LogP) is 1.35. The Labute approximate surface area is 90.9 Å². The number of hydrogen-bond donors (Lipinski definition) is 1. The van der Waals surface area contributed by atoms with Crippen molar-refractivity contribution in [3.05, 3.63) is 16.6 Å². The number of aromatic nitrogens is 4. The lowest BCUT2D eigenvalue weighted by atomic mass is 10.3. The van der Waals surface area contributed by atoms with Crippen LogP contribution in [0.2, 0.25) is 0 Å². The Hall–Kier alpha value is -1.63. The van der Waals surface area contributed by atoms with Gasteiger partial charge in [0.05, 0.1) is 17.5 Å². The van der Waals surface area contributed by atoms with Crippen LogP contribution in [0.5, 0.6) is 6.01 Å². The monoisotopic (exact) mass is 225 g/mol. The second-order valence-electron chi connectivity index (χ2n) is 2.82. The normalized spacial score (nSPS) is 17.0. The molecule has 0 bridgehead atoms. The molecular formula is C8H11N5OS. The number of anilines is 1. The molecule has 1 unspecified atom stereocenters. The molecule has 0 radical (unpaired) electrons. The first-order valence-corrected chi connectivity index (χ1v) is 4.92. The molecule has 0 aromatic carbocycles. The topological polar surface area (TPSA) is 64.9 Å². The number of rotatable bonds is 2. The van der Waals surface area contributed by atoms with E-state index in [1.165, 1.54) is 0 Å². The summed E-state index contributed by atoms with van der Waals surface area (Å²) < 4.78 is 6.71. The standard InChI is InChI=1S/C7H7N5OS.CH4/c1-13-7-10-6-9-5(12(6)11-7)4-2-8-3-14-4;/h2-3,5H,1H3,(H,9,10,11);1H4. The third-order valence-corrected chi connectivity index (χ3v) is 2.85. The van der Waals surface area contributed by atoms with Crippen LogP contribution in [0.15, 0.2) is 11.7 Å². The first-order valence-electron chi connectivity index (χ1n) is 4.04. The number of nitrogens with one attached hydrogen (secondary N) is 1. The van der Waals surface area contributed by atoms with Crippen LogP contribution in [0.1, 0.15) is 18.5 Å². The van der Waals surface area contributed by atoms with Gasteiger partial charge in [0.2, 0.25) is 5.95 Å². The predicted molar refractivity (Wildman–Crippen MR) is 57.2 cm³/mol. The Morgan fingerprint density at radius 2 is 2.47 bits per heavy atom. The van der Waals surface area contributed by atoms with E-state index < -0.39 is 0 Å². The largest absolute Gasteiger partial charge is 0.466 e. The maximum absolute atomic E-state index is 4.93. The summed E-state index contributed by atoms with van der Waals surface area (Å²) in [5.41, 5.74) is 1.79. The van der Waals surface area contributed by atoms with Crippen molar-refractivity contribution in [2.45, 2.75) is 13.6 Å². The van der Waals surface area contributed by atoms with Gasteiger partial charge >= 0.3 is 6.01 Å². The smallest absolute Gasteiger partial charge is 0.337 e. The first-order chi connectivity index (χ1) is 6.88. The minimum absolute atomic E-state index is 0. The molecule has 0 fully saturated rings. The molecule has 0 spiro atoms. The van der Waals surface area contributed by atoms with Gasteiger partial charge in [-0.3, -0.25) is 4.98 Å². The fourth-order valence-electron chi connectivity index (χ4n) is 1.34. The number of nitrogens with zero attached hydrogens (tertiary/aromatic N) is 4. The molecule has 1 N–H and O–H groups in total. The molecule has 3 heterocycles. The van der Waals surface area contributed by atoms with Crippen molar-refractivity contribution in [2.75, 3.05) is 12.4 Å².